The van der Waals surface area contributed by atoms with Crippen LogP contribution in [0.2, 0.25) is 0 Å². The van der Waals surface area contributed by atoms with Crippen LogP contribution < -0.4 is 10.2 Å². The number of hydrogen-bond donors (Lipinski definition) is 1. The average molecular weight is 334 g/mol. The van der Waals surface area contributed by atoms with Crippen molar-refractivity contribution >= 4 is 17.7 Å². The number of ether oxygens (including phenoxy) is 1. The van der Waals surface area contributed by atoms with Crippen molar-refractivity contribution in [3.8, 4) is 0 Å². The molecule has 1 N–H and O–H groups in total. The van der Waals surface area contributed by atoms with Gasteiger partial charge in [-0.05, 0) is 39.8 Å². The third-order valence-corrected chi connectivity index (χ3v) is 3.79. The van der Waals surface area contributed by atoms with Crippen LogP contribution in [0.3, 0.4) is 0 Å². The van der Waals surface area contributed by atoms with Crippen molar-refractivity contribution < 1.29 is 14.3 Å². The van der Waals surface area contributed by atoms with Gasteiger partial charge in [-0.1, -0.05) is 0 Å². The number of piperazine rings is 1. The Hall–Kier alpha value is -2.31. The van der Waals surface area contributed by atoms with Crippen molar-refractivity contribution in [2.45, 2.75) is 33.3 Å². The molecule has 1 fully saturated rings. The lowest BCUT2D eigenvalue weighted by Crippen LogP contribution is -2.50. The smallest absolute Gasteiger partial charge is 0.410 e. The monoisotopic (exact) mass is 334 g/mol. The molecule has 2 rings (SSSR count). The van der Waals surface area contributed by atoms with Gasteiger partial charge in [0, 0.05) is 33.2 Å². The first-order chi connectivity index (χ1) is 11.2. The highest BCUT2D eigenvalue weighted by atomic mass is 16.6. The standard InChI is InChI=1S/C17H26N4O3/c1-12-14(7-6-13(19-12)15(22)18-5)20-8-10-21(11-9-20)16(23)24-17(2,3)4/h6-7H,8-11H2,1-5H3,(H,18,22). The molecule has 0 spiro atoms. The van der Waals surface area contributed by atoms with Crippen molar-refractivity contribution in [2.24, 2.45) is 0 Å². The van der Waals surface area contributed by atoms with Crippen LogP contribution in [-0.4, -0.2) is 60.7 Å². The SMILES string of the molecule is CNC(=O)c1ccc(N2CCN(C(=O)OC(C)(C)C)CC2)c(C)n1. The summed E-state index contributed by atoms with van der Waals surface area (Å²) in [7, 11) is 1.59. The highest BCUT2D eigenvalue weighted by molar-refractivity contribution is 5.92. The first-order valence-electron chi connectivity index (χ1n) is 8.14. The molecule has 0 bridgehead atoms. The van der Waals surface area contributed by atoms with E-state index < -0.39 is 5.60 Å². The van der Waals surface area contributed by atoms with E-state index in [4.69, 9.17) is 4.74 Å². The molecule has 24 heavy (non-hydrogen) atoms. The van der Waals surface area contributed by atoms with Gasteiger partial charge in [0.25, 0.3) is 5.91 Å². The summed E-state index contributed by atoms with van der Waals surface area (Å²) < 4.78 is 5.41. The lowest BCUT2D eigenvalue weighted by molar-refractivity contribution is 0.0240. The van der Waals surface area contributed by atoms with Crippen LogP contribution in [0.15, 0.2) is 12.1 Å². The second kappa shape index (κ2) is 7.07. The predicted octanol–water partition coefficient (Wildman–Crippen LogP) is 1.81. The number of amides is 2. The van der Waals surface area contributed by atoms with Crippen LogP contribution in [-0.2, 0) is 4.74 Å². The number of nitrogens with one attached hydrogen (secondary N) is 1. The van der Waals surface area contributed by atoms with Crippen molar-refractivity contribution in [3.63, 3.8) is 0 Å². The number of nitrogens with zero attached hydrogens (tertiary/aromatic N) is 3. The average Bonchev–Trinajstić information content (AvgIpc) is 2.52. The number of pyridine rings is 1. The van der Waals surface area contributed by atoms with Crippen LogP contribution in [0.25, 0.3) is 0 Å². The summed E-state index contributed by atoms with van der Waals surface area (Å²) in [6.07, 6.45) is -0.271. The molecule has 132 valence electrons. The zero-order valence-electron chi connectivity index (χ0n) is 15.0. The van der Waals surface area contributed by atoms with E-state index in [0.717, 1.165) is 11.4 Å². The lowest BCUT2D eigenvalue weighted by atomic mass is 10.2. The van der Waals surface area contributed by atoms with E-state index in [2.05, 4.69) is 15.2 Å². The second-order valence-corrected chi connectivity index (χ2v) is 6.83. The first-order valence-corrected chi connectivity index (χ1v) is 8.14. The van der Waals surface area contributed by atoms with E-state index >= 15 is 0 Å². The molecule has 1 saturated heterocycles. The van der Waals surface area contributed by atoms with Crippen molar-refractivity contribution in [1.82, 2.24) is 15.2 Å². The van der Waals surface area contributed by atoms with Crippen LogP contribution in [0.1, 0.15) is 37.0 Å². The fraction of sp³-hybridized carbons (Fsp3) is 0.588. The summed E-state index contributed by atoms with van der Waals surface area (Å²) in [5, 5.41) is 2.57. The largest absolute Gasteiger partial charge is 0.444 e. The maximum absolute atomic E-state index is 12.1. The van der Waals surface area contributed by atoms with E-state index in [0.29, 0.717) is 31.9 Å². The van der Waals surface area contributed by atoms with Crippen LogP contribution in [0.4, 0.5) is 10.5 Å². The molecule has 0 radical (unpaired) electrons. The number of hydrogen-bond acceptors (Lipinski definition) is 5. The van der Waals surface area contributed by atoms with Gasteiger partial charge in [-0.25, -0.2) is 9.78 Å². The quantitative estimate of drug-likeness (QED) is 0.893. The first kappa shape index (κ1) is 18.0. The number of anilines is 1. The van der Waals surface area contributed by atoms with Gasteiger partial charge < -0.3 is 19.9 Å². The molecule has 0 atom stereocenters. The molecule has 7 heteroatoms. The number of carbonyl (C=O) groups is 2. The number of carbonyl (C=O) groups excluding carboxylic acids is 2. The zero-order chi connectivity index (χ0) is 17.9. The summed E-state index contributed by atoms with van der Waals surface area (Å²) in [4.78, 5) is 32.0. The molecule has 1 aliphatic heterocycles. The summed E-state index contributed by atoms with van der Waals surface area (Å²) in [5.41, 5.74) is 1.73. The van der Waals surface area contributed by atoms with E-state index in [1.807, 2.05) is 33.8 Å². The topological polar surface area (TPSA) is 74.8 Å². The van der Waals surface area contributed by atoms with Gasteiger partial charge in [-0.15, -0.1) is 0 Å². The number of aryl methyl sites for hydroxylation is 1. The maximum Gasteiger partial charge on any atom is 0.410 e. The Morgan fingerprint density at radius 2 is 1.79 bits per heavy atom. The molecule has 0 aliphatic carbocycles. The van der Waals surface area contributed by atoms with Crippen molar-refractivity contribution in [2.75, 3.05) is 38.1 Å². The molecule has 1 aromatic heterocycles. The molecule has 1 aliphatic rings. The van der Waals surface area contributed by atoms with Crippen LogP contribution in [0, 0.1) is 6.92 Å². The Morgan fingerprint density at radius 1 is 1.17 bits per heavy atom. The number of aromatic nitrogens is 1. The minimum Gasteiger partial charge on any atom is -0.444 e. The van der Waals surface area contributed by atoms with Crippen LogP contribution >= 0.6 is 0 Å². The fourth-order valence-electron chi connectivity index (χ4n) is 2.60. The fourth-order valence-corrected chi connectivity index (χ4v) is 2.60. The predicted molar refractivity (Wildman–Crippen MR) is 92.4 cm³/mol. The van der Waals surface area contributed by atoms with Crippen molar-refractivity contribution in [1.29, 1.82) is 0 Å². The summed E-state index contributed by atoms with van der Waals surface area (Å²) in [6, 6.07) is 3.64. The molecule has 0 unspecified atom stereocenters. The Bertz CT molecular complexity index is 617. The molecule has 2 amide bonds. The summed E-state index contributed by atoms with van der Waals surface area (Å²) in [6.45, 7) is 10.1. The Balaban J connectivity index is 2.00. The molecule has 2 heterocycles. The van der Waals surface area contributed by atoms with Gasteiger partial charge in [-0.3, -0.25) is 4.79 Å². The molecule has 7 nitrogen and oxygen atoms in total. The molecule has 0 aromatic carbocycles. The molecular formula is C17H26N4O3. The van der Waals surface area contributed by atoms with Crippen molar-refractivity contribution in [3.05, 3.63) is 23.5 Å². The minimum absolute atomic E-state index is 0.195. The Morgan fingerprint density at radius 3 is 2.29 bits per heavy atom. The third kappa shape index (κ3) is 4.37. The zero-order valence-corrected chi connectivity index (χ0v) is 15.0. The van der Waals surface area contributed by atoms with Gasteiger partial charge in [-0.2, -0.15) is 0 Å². The summed E-state index contributed by atoms with van der Waals surface area (Å²) >= 11 is 0. The van der Waals surface area contributed by atoms with E-state index in [1.165, 1.54) is 0 Å². The van der Waals surface area contributed by atoms with Gasteiger partial charge in [0.1, 0.15) is 11.3 Å². The number of rotatable bonds is 2. The highest BCUT2D eigenvalue weighted by Gasteiger charge is 2.26. The molecule has 1 aromatic rings. The highest BCUT2D eigenvalue weighted by Crippen LogP contribution is 2.21. The second-order valence-electron chi connectivity index (χ2n) is 6.83. The van der Waals surface area contributed by atoms with Crippen LogP contribution in [0.5, 0.6) is 0 Å². The lowest BCUT2D eigenvalue weighted by Gasteiger charge is -2.37. The van der Waals surface area contributed by atoms with Gasteiger partial charge in [0.15, 0.2) is 0 Å². The van der Waals surface area contributed by atoms with Gasteiger partial charge in [0.2, 0.25) is 0 Å². The maximum atomic E-state index is 12.1. The van der Waals surface area contributed by atoms with E-state index in [1.54, 1.807) is 18.0 Å². The Labute approximate surface area is 143 Å². The molecular weight excluding hydrogens is 308 g/mol. The molecule has 0 saturated carbocycles. The minimum atomic E-state index is -0.482. The Kier molecular flexibility index (Phi) is 5.31. The van der Waals surface area contributed by atoms with E-state index in [9.17, 15) is 9.59 Å². The third-order valence-electron chi connectivity index (χ3n) is 3.79. The van der Waals surface area contributed by atoms with Gasteiger partial charge in [0.05, 0.1) is 11.4 Å². The van der Waals surface area contributed by atoms with E-state index in [-0.39, 0.29) is 12.0 Å². The summed E-state index contributed by atoms with van der Waals surface area (Å²) in [5.74, 6) is -0.195. The van der Waals surface area contributed by atoms with Gasteiger partial charge >= 0.3 is 6.09 Å². The normalized spacial score (nSPS) is 15.2.